The van der Waals surface area contributed by atoms with E-state index in [1.165, 1.54) is 13.8 Å². The quantitative estimate of drug-likeness (QED) is 0.401. The van der Waals surface area contributed by atoms with Crippen molar-refractivity contribution < 1.29 is 23.1 Å². The predicted molar refractivity (Wildman–Crippen MR) is 71.0 cm³/mol. The van der Waals surface area contributed by atoms with Crippen molar-refractivity contribution in [2.75, 3.05) is 12.8 Å². The Morgan fingerprint density at radius 2 is 1.63 bits per heavy atom. The van der Waals surface area contributed by atoms with Crippen molar-refractivity contribution in [3.8, 4) is 37.0 Å². The fourth-order valence-corrected chi connectivity index (χ4v) is 2.66. The van der Waals surface area contributed by atoms with E-state index in [0.29, 0.717) is 0 Å². The van der Waals surface area contributed by atoms with Gasteiger partial charge in [0.25, 0.3) is 0 Å². The summed E-state index contributed by atoms with van der Waals surface area (Å²) in [5.74, 6) is 5.73. The molecule has 0 aromatic carbocycles. The van der Waals surface area contributed by atoms with Crippen LogP contribution in [0.25, 0.3) is 0 Å². The molecular formula is C13H15O5P. The minimum absolute atomic E-state index is 0.228. The van der Waals surface area contributed by atoms with E-state index in [0.717, 1.165) is 0 Å². The summed E-state index contributed by atoms with van der Waals surface area (Å²) < 4.78 is 27.1. The molecule has 2 atom stereocenters. The lowest BCUT2D eigenvalue weighted by molar-refractivity contribution is -0.139. The maximum atomic E-state index is 12.3. The third-order valence-corrected chi connectivity index (χ3v) is 3.67. The lowest BCUT2D eigenvalue weighted by Gasteiger charge is -2.20. The van der Waals surface area contributed by atoms with E-state index >= 15 is 0 Å². The molecule has 0 saturated carbocycles. The summed E-state index contributed by atoms with van der Waals surface area (Å²) >= 11 is 0. The summed E-state index contributed by atoms with van der Waals surface area (Å²) in [6.45, 7) is 2.75. The van der Waals surface area contributed by atoms with E-state index in [1.54, 1.807) is 0 Å². The Hall–Kier alpha value is -1.70. The summed E-state index contributed by atoms with van der Waals surface area (Å²) in [7, 11) is -3.79. The van der Waals surface area contributed by atoms with Gasteiger partial charge in [-0.25, -0.2) is 0 Å². The SMILES string of the molecule is C#CCOC(=O)CP(=O)(OC(C)C#C)OC(C)C#C. The molecule has 102 valence electrons. The second-order valence-corrected chi connectivity index (χ2v) is 5.42. The third-order valence-electron chi connectivity index (χ3n) is 1.75. The second kappa shape index (κ2) is 8.41. The van der Waals surface area contributed by atoms with Gasteiger partial charge in [-0.2, -0.15) is 0 Å². The first-order valence-corrected chi connectivity index (χ1v) is 7.07. The first kappa shape index (κ1) is 17.3. The molecule has 0 aromatic heterocycles. The van der Waals surface area contributed by atoms with Crippen molar-refractivity contribution in [2.24, 2.45) is 0 Å². The van der Waals surface area contributed by atoms with Crippen LogP contribution in [0.1, 0.15) is 13.8 Å². The van der Waals surface area contributed by atoms with Crippen molar-refractivity contribution in [1.82, 2.24) is 0 Å². The molecule has 0 rings (SSSR count). The molecular weight excluding hydrogens is 267 g/mol. The smallest absolute Gasteiger partial charge is 0.344 e. The van der Waals surface area contributed by atoms with Gasteiger partial charge in [-0.3, -0.25) is 18.4 Å². The van der Waals surface area contributed by atoms with Gasteiger partial charge in [0.1, 0.15) is 18.4 Å². The molecule has 0 aliphatic carbocycles. The van der Waals surface area contributed by atoms with Crippen LogP contribution in [0.4, 0.5) is 0 Å². The standard InChI is InChI=1S/C13H15O5P/c1-6-9-16-13(14)10-19(15,17-11(4)7-2)18-12(5)8-3/h1-3,11-12H,9-10H2,4-5H3. The average molecular weight is 282 g/mol. The molecule has 0 N–H and O–H groups in total. The molecule has 0 bridgehead atoms. The van der Waals surface area contributed by atoms with Crippen LogP contribution in [0.2, 0.25) is 0 Å². The molecule has 0 spiro atoms. The zero-order valence-electron chi connectivity index (χ0n) is 10.8. The maximum Gasteiger partial charge on any atom is 0.344 e. The Morgan fingerprint density at radius 3 is 2.00 bits per heavy atom. The lowest BCUT2D eigenvalue weighted by atomic mass is 10.4. The molecule has 19 heavy (non-hydrogen) atoms. The van der Waals surface area contributed by atoms with E-state index in [-0.39, 0.29) is 6.61 Å². The van der Waals surface area contributed by atoms with Crippen LogP contribution >= 0.6 is 7.60 Å². The zero-order chi connectivity index (χ0) is 14.9. The van der Waals surface area contributed by atoms with Crippen LogP contribution in [0.15, 0.2) is 0 Å². The second-order valence-electron chi connectivity index (χ2n) is 3.46. The first-order valence-electron chi connectivity index (χ1n) is 5.34. The predicted octanol–water partition coefficient (Wildman–Crippen LogP) is 1.43. The molecule has 0 fully saturated rings. The van der Waals surface area contributed by atoms with Crippen molar-refractivity contribution in [3.05, 3.63) is 0 Å². The van der Waals surface area contributed by atoms with Crippen LogP contribution in [-0.4, -0.2) is 30.9 Å². The molecule has 0 radical (unpaired) electrons. The number of hydrogen-bond donors (Lipinski definition) is 0. The maximum absolute atomic E-state index is 12.3. The fraction of sp³-hybridized carbons (Fsp3) is 0.462. The number of hydrogen-bond acceptors (Lipinski definition) is 5. The van der Waals surface area contributed by atoms with E-state index < -0.39 is 31.9 Å². The van der Waals surface area contributed by atoms with Crippen molar-refractivity contribution in [2.45, 2.75) is 26.1 Å². The van der Waals surface area contributed by atoms with Gasteiger partial charge in [0.15, 0.2) is 6.61 Å². The number of carbonyl (C=O) groups is 1. The third kappa shape index (κ3) is 7.35. The Bertz CT molecular complexity index is 451. The monoisotopic (exact) mass is 282 g/mol. The highest BCUT2D eigenvalue weighted by atomic mass is 31.2. The van der Waals surface area contributed by atoms with E-state index in [2.05, 4.69) is 22.5 Å². The van der Waals surface area contributed by atoms with E-state index in [4.69, 9.17) is 28.3 Å². The van der Waals surface area contributed by atoms with Gasteiger partial charge < -0.3 is 4.74 Å². The van der Waals surface area contributed by atoms with Gasteiger partial charge >= 0.3 is 13.6 Å². The summed E-state index contributed by atoms with van der Waals surface area (Å²) in [6.07, 6.45) is 13.0. The Morgan fingerprint density at radius 1 is 1.16 bits per heavy atom. The highest BCUT2D eigenvalue weighted by Gasteiger charge is 2.33. The summed E-state index contributed by atoms with van der Waals surface area (Å²) in [4.78, 5) is 11.4. The summed E-state index contributed by atoms with van der Waals surface area (Å²) in [5, 5.41) is 0. The largest absolute Gasteiger partial charge is 0.452 e. The molecule has 0 aliphatic rings. The number of esters is 1. The molecule has 0 heterocycles. The highest BCUT2D eigenvalue weighted by molar-refractivity contribution is 7.54. The number of rotatable bonds is 7. The normalized spacial score (nSPS) is 15.9. The van der Waals surface area contributed by atoms with Gasteiger partial charge in [0, 0.05) is 0 Å². The number of terminal acetylenes is 3. The molecule has 6 heteroatoms. The Balaban J connectivity index is 4.82. The van der Waals surface area contributed by atoms with Crippen molar-refractivity contribution >= 4 is 13.6 Å². The van der Waals surface area contributed by atoms with Crippen LogP contribution in [0.3, 0.4) is 0 Å². The Labute approximate surface area is 113 Å². The van der Waals surface area contributed by atoms with Crippen LogP contribution in [0, 0.1) is 37.0 Å². The van der Waals surface area contributed by atoms with E-state index in [9.17, 15) is 9.36 Å². The first-order chi connectivity index (χ1) is 8.86. The van der Waals surface area contributed by atoms with Crippen LogP contribution in [-0.2, 0) is 23.1 Å². The molecule has 0 amide bonds. The summed E-state index contributed by atoms with van der Waals surface area (Å²) in [6, 6.07) is 0. The Kier molecular flexibility index (Phi) is 7.66. The lowest BCUT2D eigenvalue weighted by Crippen LogP contribution is -2.18. The minimum Gasteiger partial charge on any atom is -0.452 e. The number of carbonyl (C=O) groups excluding carboxylic acids is 1. The topological polar surface area (TPSA) is 61.8 Å². The molecule has 5 nitrogen and oxygen atoms in total. The van der Waals surface area contributed by atoms with Crippen LogP contribution in [0.5, 0.6) is 0 Å². The van der Waals surface area contributed by atoms with Gasteiger partial charge in [0.05, 0.1) is 0 Å². The van der Waals surface area contributed by atoms with Crippen LogP contribution < -0.4 is 0 Å². The van der Waals surface area contributed by atoms with E-state index in [1.807, 2.05) is 0 Å². The molecule has 0 saturated heterocycles. The van der Waals surface area contributed by atoms with Crippen molar-refractivity contribution in [1.29, 1.82) is 0 Å². The molecule has 0 aliphatic heterocycles. The minimum atomic E-state index is -3.79. The fourth-order valence-electron chi connectivity index (χ4n) is 0.968. The zero-order valence-corrected chi connectivity index (χ0v) is 11.7. The van der Waals surface area contributed by atoms with Gasteiger partial charge in [-0.05, 0) is 13.8 Å². The molecule has 2 unspecified atom stereocenters. The summed E-state index contributed by atoms with van der Waals surface area (Å²) in [5.41, 5.74) is 0. The van der Waals surface area contributed by atoms with Gasteiger partial charge in [-0.15, -0.1) is 19.3 Å². The number of ether oxygens (including phenoxy) is 1. The average Bonchev–Trinajstić information content (AvgIpc) is 2.35. The van der Waals surface area contributed by atoms with Gasteiger partial charge in [0.2, 0.25) is 0 Å². The van der Waals surface area contributed by atoms with Crippen molar-refractivity contribution in [3.63, 3.8) is 0 Å². The highest BCUT2D eigenvalue weighted by Crippen LogP contribution is 2.50. The molecule has 0 aromatic rings. The van der Waals surface area contributed by atoms with Gasteiger partial charge in [-0.1, -0.05) is 17.8 Å².